The fourth-order valence-electron chi connectivity index (χ4n) is 2.34. The lowest BCUT2D eigenvalue weighted by Crippen LogP contribution is -2.15. The van der Waals surface area contributed by atoms with Gasteiger partial charge in [0.05, 0.1) is 21.2 Å². The van der Waals surface area contributed by atoms with Crippen LogP contribution in [-0.4, -0.2) is 14.3 Å². The van der Waals surface area contributed by atoms with E-state index in [0.717, 1.165) is 0 Å². The Morgan fingerprint density at radius 3 is 2.30 bits per heavy atom. The Morgan fingerprint density at radius 1 is 0.889 bits per heavy atom. The first-order chi connectivity index (χ1) is 12.8. The van der Waals surface area contributed by atoms with Crippen LogP contribution in [0.2, 0.25) is 5.02 Å². The van der Waals surface area contributed by atoms with Crippen LogP contribution in [0.4, 0.5) is 15.8 Å². The molecule has 27 heavy (non-hydrogen) atoms. The third-order valence-corrected chi connectivity index (χ3v) is 5.31. The number of hydrogen-bond donors (Lipinski definition) is 2. The smallest absolute Gasteiger partial charge is 0.261 e. The van der Waals surface area contributed by atoms with Crippen LogP contribution in [0.25, 0.3) is 0 Å². The van der Waals surface area contributed by atoms with Crippen LogP contribution in [0.1, 0.15) is 10.4 Å². The van der Waals surface area contributed by atoms with Crippen molar-refractivity contribution in [2.75, 3.05) is 10.0 Å². The molecule has 0 heterocycles. The molecule has 0 bridgehead atoms. The first-order valence-corrected chi connectivity index (χ1v) is 9.65. The van der Waals surface area contributed by atoms with Crippen molar-refractivity contribution in [3.8, 4) is 0 Å². The molecular weight excluding hydrogens is 391 g/mol. The summed E-state index contributed by atoms with van der Waals surface area (Å²) in [7, 11) is -3.77. The van der Waals surface area contributed by atoms with Gasteiger partial charge < -0.3 is 5.32 Å². The maximum atomic E-state index is 13.2. The Hall–Kier alpha value is -2.90. The molecule has 2 N–H and O–H groups in total. The Kier molecular flexibility index (Phi) is 5.43. The summed E-state index contributed by atoms with van der Waals surface area (Å²) in [6, 6.07) is 17.4. The number of rotatable bonds is 5. The van der Waals surface area contributed by atoms with Gasteiger partial charge in [0.15, 0.2) is 0 Å². The molecule has 138 valence electrons. The number of hydrogen-bond acceptors (Lipinski definition) is 3. The molecule has 0 aromatic heterocycles. The van der Waals surface area contributed by atoms with Crippen molar-refractivity contribution in [2.24, 2.45) is 0 Å². The van der Waals surface area contributed by atoms with Gasteiger partial charge >= 0.3 is 0 Å². The van der Waals surface area contributed by atoms with Crippen molar-refractivity contribution in [2.45, 2.75) is 4.90 Å². The zero-order valence-electron chi connectivity index (χ0n) is 13.8. The van der Waals surface area contributed by atoms with Gasteiger partial charge in [-0.15, -0.1) is 0 Å². The van der Waals surface area contributed by atoms with Crippen molar-refractivity contribution < 1.29 is 17.6 Å². The maximum Gasteiger partial charge on any atom is 0.261 e. The average molecular weight is 405 g/mol. The second kappa shape index (κ2) is 7.77. The van der Waals surface area contributed by atoms with Crippen molar-refractivity contribution in [1.29, 1.82) is 0 Å². The van der Waals surface area contributed by atoms with Gasteiger partial charge in [0, 0.05) is 5.69 Å². The zero-order valence-corrected chi connectivity index (χ0v) is 15.4. The summed E-state index contributed by atoms with van der Waals surface area (Å²) >= 11 is 6.13. The standard InChI is InChI=1S/C19H14ClFN2O3S/c20-18-12-15(23-27(25,26)16-7-2-1-3-8-16)9-10-17(18)19(24)22-14-6-4-5-13(21)11-14/h1-12,23H,(H,22,24). The van der Waals surface area contributed by atoms with E-state index >= 15 is 0 Å². The number of carbonyl (C=O) groups excluding carboxylic acids is 1. The number of halogens is 2. The molecule has 0 saturated heterocycles. The third kappa shape index (κ3) is 4.64. The summed E-state index contributed by atoms with van der Waals surface area (Å²) in [6.07, 6.45) is 0. The monoisotopic (exact) mass is 404 g/mol. The van der Waals surface area contributed by atoms with E-state index < -0.39 is 21.7 Å². The highest BCUT2D eigenvalue weighted by Gasteiger charge is 2.16. The number of benzene rings is 3. The van der Waals surface area contributed by atoms with Gasteiger partial charge in [0.2, 0.25) is 0 Å². The first kappa shape index (κ1) is 18.9. The van der Waals surface area contributed by atoms with Gasteiger partial charge in [-0.3, -0.25) is 9.52 Å². The highest BCUT2D eigenvalue weighted by Crippen LogP contribution is 2.24. The molecular formula is C19H14ClFN2O3S. The predicted molar refractivity (Wildman–Crippen MR) is 103 cm³/mol. The van der Waals surface area contributed by atoms with E-state index in [0.29, 0.717) is 0 Å². The van der Waals surface area contributed by atoms with Crippen LogP contribution in [0.5, 0.6) is 0 Å². The predicted octanol–water partition coefficient (Wildman–Crippen LogP) is 4.53. The molecule has 0 fully saturated rings. The Morgan fingerprint density at radius 2 is 1.63 bits per heavy atom. The van der Waals surface area contributed by atoms with Crippen molar-refractivity contribution >= 4 is 38.9 Å². The summed E-state index contributed by atoms with van der Waals surface area (Å²) < 4.78 is 40.3. The molecule has 5 nitrogen and oxygen atoms in total. The van der Waals surface area contributed by atoms with E-state index in [4.69, 9.17) is 11.6 Å². The summed E-state index contributed by atoms with van der Waals surface area (Å²) in [5, 5.41) is 2.58. The normalized spacial score (nSPS) is 11.0. The maximum absolute atomic E-state index is 13.2. The van der Waals surface area contributed by atoms with Gasteiger partial charge in [-0.25, -0.2) is 12.8 Å². The topological polar surface area (TPSA) is 75.3 Å². The first-order valence-electron chi connectivity index (χ1n) is 7.79. The molecule has 0 unspecified atom stereocenters. The molecule has 0 saturated carbocycles. The van der Waals surface area contributed by atoms with E-state index in [1.807, 2.05) is 0 Å². The van der Waals surface area contributed by atoms with Crippen molar-refractivity contribution in [1.82, 2.24) is 0 Å². The second-order valence-corrected chi connectivity index (χ2v) is 7.67. The Labute approximate surface area is 160 Å². The van der Waals surface area contributed by atoms with E-state index in [1.54, 1.807) is 18.2 Å². The highest BCUT2D eigenvalue weighted by atomic mass is 35.5. The molecule has 8 heteroatoms. The fourth-order valence-corrected chi connectivity index (χ4v) is 3.68. The number of amides is 1. The lowest BCUT2D eigenvalue weighted by atomic mass is 10.2. The minimum atomic E-state index is -3.77. The molecule has 0 aliphatic rings. The fraction of sp³-hybridized carbons (Fsp3) is 0. The van der Waals surface area contributed by atoms with Gasteiger partial charge in [-0.1, -0.05) is 35.9 Å². The van der Waals surface area contributed by atoms with E-state index in [2.05, 4.69) is 10.0 Å². The lowest BCUT2D eigenvalue weighted by molar-refractivity contribution is 0.102. The minimum absolute atomic E-state index is 0.0529. The van der Waals surface area contributed by atoms with E-state index in [9.17, 15) is 17.6 Å². The van der Waals surface area contributed by atoms with Crippen LogP contribution in [0, 0.1) is 5.82 Å². The zero-order chi connectivity index (χ0) is 19.4. The molecule has 0 spiro atoms. The van der Waals surface area contributed by atoms with Crippen molar-refractivity contribution in [3.63, 3.8) is 0 Å². The molecule has 1 amide bonds. The SMILES string of the molecule is O=C(Nc1cccc(F)c1)c1ccc(NS(=O)(=O)c2ccccc2)cc1Cl. The summed E-state index contributed by atoms with van der Waals surface area (Å²) in [6.45, 7) is 0. The molecule has 0 atom stereocenters. The van der Waals surface area contributed by atoms with Gasteiger partial charge in [-0.2, -0.15) is 0 Å². The average Bonchev–Trinajstić information content (AvgIpc) is 2.62. The molecule has 3 rings (SSSR count). The van der Waals surface area contributed by atoms with Gasteiger partial charge in [0.25, 0.3) is 15.9 Å². The third-order valence-electron chi connectivity index (χ3n) is 3.60. The summed E-state index contributed by atoms with van der Waals surface area (Å²) in [5.41, 5.74) is 0.625. The second-order valence-electron chi connectivity index (χ2n) is 5.58. The number of sulfonamides is 1. The van der Waals surface area contributed by atoms with Gasteiger partial charge in [0.1, 0.15) is 5.82 Å². The Balaban J connectivity index is 1.78. The minimum Gasteiger partial charge on any atom is -0.322 e. The number of carbonyl (C=O) groups is 1. The molecule has 0 aliphatic carbocycles. The molecule has 3 aromatic carbocycles. The summed E-state index contributed by atoms with van der Waals surface area (Å²) in [4.78, 5) is 12.4. The van der Waals surface area contributed by atoms with Gasteiger partial charge in [-0.05, 0) is 48.5 Å². The molecule has 0 aliphatic heterocycles. The van der Waals surface area contributed by atoms with Crippen LogP contribution >= 0.6 is 11.6 Å². The van der Waals surface area contributed by atoms with E-state index in [1.165, 1.54) is 54.6 Å². The van der Waals surface area contributed by atoms with Crippen LogP contribution < -0.4 is 10.0 Å². The largest absolute Gasteiger partial charge is 0.322 e. The Bertz CT molecular complexity index is 1090. The number of anilines is 2. The van der Waals surface area contributed by atoms with Crippen LogP contribution in [0.3, 0.4) is 0 Å². The highest BCUT2D eigenvalue weighted by molar-refractivity contribution is 7.92. The lowest BCUT2D eigenvalue weighted by Gasteiger charge is -2.11. The van der Waals surface area contributed by atoms with Crippen LogP contribution in [0.15, 0.2) is 77.7 Å². The molecule has 3 aromatic rings. The van der Waals surface area contributed by atoms with Crippen molar-refractivity contribution in [3.05, 3.63) is 89.2 Å². The van der Waals surface area contributed by atoms with Crippen LogP contribution in [-0.2, 0) is 10.0 Å². The number of nitrogens with one attached hydrogen (secondary N) is 2. The van der Waals surface area contributed by atoms with E-state index in [-0.39, 0.29) is 26.9 Å². The molecule has 0 radical (unpaired) electrons. The summed E-state index contributed by atoms with van der Waals surface area (Å²) in [5.74, 6) is -1.02. The quantitative estimate of drug-likeness (QED) is 0.655.